The molecule has 9 heteroatoms. The molecule has 2 N–H and O–H groups in total. The monoisotopic (exact) mass is 660 g/mol. The number of amides is 1. The van der Waals surface area contributed by atoms with Crippen molar-refractivity contribution in [1.29, 1.82) is 0 Å². The number of likely N-dealkylation sites (tertiary alicyclic amines) is 1. The van der Waals surface area contributed by atoms with Crippen molar-refractivity contribution in [3.05, 3.63) is 119 Å². The Morgan fingerprint density at radius 3 is 2.11 bits per heavy atom. The molecule has 5 rings (SSSR count). The van der Waals surface area contributed by atoms with Gasteiger partial charge in [-0.1, -0.05) is 84.9 Å². The number of aliphatic hydroxyl groups is 1. The van der Waals surface area contributed by atoms with Crippen LogP contribution < -0.4 is 5.32 Å². The maximum atomic E-state index is 13.7. The van der Waals surface area contributed by atoms with Crippen molar-refractivity contribution >= 4 is 36.9 Å². The number of carbonyl (C=O) groups is 2. The number of hydrogen-bond acceptors (Lipinski definition) is 7. The predicted octanol–water partition coefficient (Wildman–Crippen LogP) is 7.24. The fraction of sp³-hybridized carbons (Fsp3) is 0.351. The van der Waals surface area contributed by atoms with Gasteiger partial charge in [0.15, 0.2) is 0 Å². The molecule has 1 atom stereocenters. The minimum absolute atomic E-state index is 0. The summed E-state index contributed by atoms with van der Waals surface area (Å²) in [4.78, 5) is 30.1. The highest BCUT2D eigenvalue weighted by Crippen LogP contribution is 2.35. The number of ether oxygens (including phenoxy) is 2. The fourth-order valence-corrected chi connectivity index (χ4v) is 6.46. The molecule has 1 amide bonds. The molecule has 0 unspecified atom stereocenters. The van der Waals surface area contributed by atoms with E-state index in [1.165, 1.54) is 5.56 Å². The molecule has 0 saturated carbocycles. The first-order valence-corrected chi connectivity index (χ1v) is 16.3. The maximum absolute atomic E-state index is 13.7. The first kappa shape index (κ1) is 35.2. The van der Waals surface area contributed by atoms with Crippen LogP contribution >= 0.6 is 24.8 Å². The van der Waals surface area contributed by atoms with Crippen molar-refractivity contribution in [3.8, 4) is 10.4 Å². The van der Waals surface area contributed by atoms with Gasteiger partial charge in [0.1, 0.15) is 5.60 Å². The Labute approximate surface area is 283 Å². The number of nitrogens with zero attached hydrogens (tertiary/aromatic N) is 1. The van der Waals surface area contributed by atoms with Crippen molar-refractivity contribution in [2.45, 2.75) is 57.9 Å². The molecule has 0 spiro atoms. The Bertz CT molecular complexity index is 1550. The second-order valence-electron chi connectivity index (χ2n) is 12.6. The Hall–Kier alpha value is -3.63. The lowest BCUT2D eigenvalue weighted by Gasteiger charge is -2.33. The van der Waals surface area contributed by atoms with Gasteiger partial charge in [0.2, 0.25) is 5.60 Å². The second kappa shape index (κ2) is 15.8. The van der Waals surface area contributed by atoms with Crippen LogP contribution in [-0.2, 0) is 33.0 Å². The molecular weight excluding hydrogens is 617 g/mol. The highest BCUT2D eigenvalue weighted by atomic mass is 32.1. The van der Waals surface area contributed by atoms with Crippen molar-refractivity contribution in [2.75, 3.05) is 19.7 Å². The van der Waals surface area contributed by atoms with E-state index in [0.29, 0.717) is 17.7 Å². The van der Waals surface area contributed by atoms with E-state index in [4.69, 9.17) is 9.47 Å². The van der Waals surface area contributed by atoms with E-state index >= 15 is 0 Å². The van der Waals surface area contributed by atoms with Crippen LogP contribution in [0.15, 0.2) is 97.1 Å². The lowest BCUT2D eigenvalue weighted by atomic mass is 9.85. The third-order valence-electron chi connectivity index (χ3n) is 7.95. The number of carbonyl (C=O) groups excluding carboxylic acids is 2. The van der Waals surface area contributed by atoms with Crippen LogP contribution in [-0.4, -0.2) is 47.4 Å². The zero-order valence-electron chi connectivity index (χ0n) is 26.7. The summed E-state index contributed by atoms with van der Waals surface area (Å²) in [7, 11) is 0. The molecule has 0 bridgehead atoms. The van der Waals surface area contributed by atoms with Gasteiger partial charge < -0.3 is 19.9 Å². The Morgan fingerprint density at radius 2 is 1.48 bits per heavy atom. The zero-order chi connectivity index (χ0) is 31.9. The number of thiophene rings is 1. The first-order valence-electron chi connectivity index (χ1n) is 15.5. The van der Waals surface area contributed by atoms with E-state index in [-0.39, 0.29) is 26.0 Å². The second-order valence-corrected chi connectivity index (χ2v) is 13.7. The standard InChI is InChI=1S/C37H42N2O5S.H2S/c1-36(2,3)44-35(41)38-24-32-18-19-33(45-32)29-14-16-31(17-15-29)37(42,30-12-8-5-9-13-30)34(40)43-26-28-20-22-39(23-21-28)25-27-10-6-4-7-11-27;/h4-19,28,42H,20-26H2,1-3H3,(H,38,41);1H2/t37-;/m0./s1. The van der Waals surface area contributed by atoms with Crippen LogP contribution in [0, 0.1) is 5.92 Å². The summed E-state index contributed by atoms with van der Waals surface area (Å²) in [5.74, 6) is -0.416. The van der Waals surface area contributed by atoms with Gasteiger partial charge in [0.25, 0.3) is 0 Å². The van der Waals surface area contributed by atoms with Crippen LogP contribution in [0.25, 0.3) is 10.4 Å². The molecule has 46 heavy (non-hydrogen) atoms. The van der Waals surface area contributed by atoms with Crippen molar-refractivity contribution in [3.63, 3.8) is 0 Å². The summed E-state index contributed by atoms with van der Waals surface area (Å²) in [6.07, 6.45) is 1.42. The van der Waals surface area contributed by atoms with E-state index in [1.54, 1.807) is 35.6 Å². The zero-order valence-corrected chi connectivity index (χ0v) is 28.5. The molecule has 0 radical (unpaired) electrons. The van der Waals surface area contributed by atoms with Crippen molar-refractivity contribution in [1.82, 2.24) is 10.2 Å². The maximum Gasteiger partial charge on any atom is 0.407 e. The summed E-state index contributed by atoms with van der Waals surface area (Å²) < 4.78 is 11.2. The predicted molar refractivity (Wildman–Crippen MR) is 188 cm³/mol. The lowest BCUT2D eigenvalue weighted by molar-refractivity contribution is -0.164. The Kier molecular flexibility index (Phi) is 12.1. The van der Waals surface area contributed by atoms with Gasteiger partial charge in [-0.3, -0.25) is 4.90 Å². The van der Waals surface area contributed by atoms with Gasteiger partial charge in [-0.15, -0.1) is 11.3 Å². The molecule has 3 aromatic carbocycles. The number of alkyl carbamates (subject to hydrolysis) is 1. The minimum Gasteiger partial charge on any atom is -0.463 e. The van der Waals surface area contributed by atoms with Crippen molar-refractivity contribution in [2.24, 2.45) is 5.92 Å². The number of piperidine rings is 1. The number of rotatable bonds is 10. The third kappa shape index (κ3) is 9.22. The normalized spacial score (nSPS) is 15.3. The van der Waals surface area contributed by atoms with E-state index < -0.39 is 23.3 Å². The van der Waals surface area contributed by atoms with Gasteiger partial charge in [-0.25, -0.2) is 9.59 Å². The lowest BCUT2D eigenvalue weighted by Crippen LogP contribution is -2.40. The molecule has 1 aliphatic heterocycles. The third-order valence-corrected chi connectivity index (χ3v) is 9.08. The van der Waals surface area contributed by atoms with Gasteiger partial charge in [0, 0.05) is 16.3 Å². The Balaban J connectivity index is 0.00000480. The molecular formula is C37H44N2O5S2. The van der Waals surface area contributed by atoms with Crippen LogP contribution in [0.5, 0.6) is 0 Å². The average Bonchev–Trinajstić information content (AvgIpc) is 3.52. The van der Waals surface area contributed by atoms with Gasteiger partial charge in [-0.2, -0.15) is 13.5 Å². The minimum atomic E-state index is -1.94. The largest absolute Gasteiger partial charge is 0.463 e. The molecule has 1 saturated heterocycles. The van der Waals surface area contributed by atoms with Crippen LogP contribution in [0.2, 0.25) is 0 Å². The molecule has 0 aliphatic carbocycles. The summed E-state index contributed by atoms with van der Waals surface area (Å²) in [6, 6.07) is 30.8. The van der Waals surface area contributed by atoms with Gasteiger partial charge >= 0.3 is 12.1 Å². The number of hydrogen-bond donors (Lipinski definition) is 2. The van der Waals surface area contributed by atoms with Crippen LogP contribution in [0.3, 0.4) is 0 Å². The molecule has 1 aliphatic rings. The number of nitrogens with one attached hydrogen (secondary N) is 1. The van der Waals surface area contributed by atoms with E-state index in [0.717, 1.165) is 47.8 Å². The van der Waals surface area contributed by atoms with E-state index in [2.05, 4.69) is 34.5 Å². The van der Waals surface area contributed by atoms with Gasteiger partial charge in [0.05, 0.1) is 13.2 Å². The highest BCUT2D eigenvalue weighted by Gasteiger charge is 2.42. The Morgan fingerprint density at radius 1 is 0.870 bits per heavy atom. The number of esters is 1. The summed E-state index contributed by atoms with van der Waals surface area (Å²) in [5.41, 5.74) is 0.664. The summed E-state index contributed by atoms with van der Waals surface area (Å²) in [5, 5.41) is 14.8. The van der Waals surface area contributed by atoms with Gasteiger partial charge in [-0.05, 0) is 87.0 Å². The SMILES string of the molecule is CC(C)(C)OC(=O)NCc1ccc(-c2ccc([C@](O)(C(=O)OCC3CCN(Cc4ccccc4)CC3)c3ccccc3)cc2)s1.S. The molecule has 7 nitrogen and oxygen atoms in total. The number of benzene rings is 3. The molecule has 1 aromatic heterocycles. The smallest absolute Gasteiger partial charge is 0.407 e. The molecule has 2 heterocycles. The van der Waals surface area contributed by atoms with Crippen LogP contribution in [0.4, 0.5) is 4.79 Å². The first-order chi connectivity index (χ1) is 21.6. The quantitative estimate of drug-likeness (QED) is 0.174. The molecule has 4 aromatic rings. The molecule has 1 fully saturated rings. The van der Waals surface area contributed by atoms with Crippen molar-refractivity contribution < 1.29 is 24.2 Å². The topological polar surface area (TPSA) is 88.1 Å². The molecule has 244 valence electrons. The highest BCUT2D eigenvalue weighted by molar-refractivity contribution is 7.59. The van der Waals surface area contributed by atoms with E-state index in [1.807, 2.05) is 69.3 Å². The summed E-state index contributed by atoms with van der Waals surface area (Å²) >= 11 is 1.56. The van der Waals surface area contributed by atoms with E-state index in [9.17, 15) is 14.7 Å². The van der Waals surface area contributed by atoms with Crippen LogP contribution in [0.1, 0.15) is 55.2 Å². The summed E-state index contributed by atoms with van der Waals surface area (Å²) in [6.45, 7) is 8.95. The average molecular weight is 661 g/mol. The fourth-order valence-electron chi connectivity index (χ4n) is 5.51.